The van der Waals surface area contributed by atoms with Crippen molar-refractivity contribution in [3.05, 3.63) is 39.0 Å². The molecule has 5 heteroatoms. The van der Waals surface area contributed by atoms with Gasteiger partial charge in [-0.25, -0.2) is 0 Å². The van der Waals surface area contributed by atoms with Crippen LogP contribution in [0.5, 0.6) is 0 Å². The van der Waals surface area contributed by atoms with Crippen molar-refractivity contribution in [2.45, 2.75) is 13.0 Å². The van der Waals surface area contributed by atoms with Gasteiger partial charge in [0.05, 0.1) is 6.04 Å². The number of hydrogen-bond donors (Lipinski definition) is 1. The zero-order valence-electron chi connectivity index (χ0n) is 8.58. The summed E-state index contributed by atoms with van der Waals surface area (Å²) in [5, 5.41) is 3.99. The summed E-state index contributed by atoms with van der Waals surface area (Å²) in [7, 11) is 0. The molecule has 0 aliphatic rings. The Morgan fingerprint density at radius 3 is 2.56 bits per heavy atom. The summed E-state index contributed by atoms with van der Waals surface area (Å²) in [5.74, 6) is 0.689. The van der Waals surface area contributed by atoms with Crippen LogP contribution < -0.4 is 5.73 Å². The summed E-state index contributed by atoms with van der Waals surface area (Å²) in [6.45, 7) is 1.86. The van der Waals surface area contributed by atoms with Gasteiger partial charge in [-0.15, -0.1) is 0 Å². The van der Waals surface area contributed by atoms with E-state index in [2.05, 4.69) is 37.0 Å². The van der Waals surface area contributed by atoms with E-state index in [1.54, 1.807) is 0 Å². The van der Waals surface area contributed by atoms with E-state index in [-0.39, 0.29) is 6.04 Å². The highest BCUT2D eigenvalue weighted by Gasteiger charge is 2.10. The van der Waals surface area contributed by atoms with Gasteiger partial charge >= 0.3 is 0 Å². The number of hydrogen-bond acceptors (Lipinski definition) is 3. The average Bonchev–Trinajstić information content (AvgIpc) is 2.71. The van der Waals surface area contributed by atoms with Crippen LogP contribution >= 0.6 is 31.9 Å². The molecule has 2 rings (SSSR count). The van der Waals surface area contributed by atoms with Crippen LogP contribution in [0, 0.1) is 0 Å². The van der Waals surface area contributed by atoms with Crippen LogP contribution in [0.1, 0.15) is 18.7 Å². The van der Waals surface area contributed by atoms with Crippen molar-refractivity contribution in [3.63, 3.8) is 0 Å². The lowest BCUT2D eigenvalue weighted by atomic mass is 10.1. The minimum Gasteiger partial charge on any atom is -0.359 e. The molecule has 1 heterocycles. The van der Waals surface area contributed by atoms with Crippen molar-refractivity contribution in [2.24, 2.45) is 5.73 Å². The molecule has 2 N–H and O–H groups in total. The van der Waals surface area contributed by atoms with Crippen molar-refractivity contribution in [2.75, 3.05) is 0 Å². The van der Waals surface area contributed by atoms with Gasteiger partial charge in [-0.3, -0.25) is 0 Å². The summed E-state index contributed by atoms with van der Waals surface area (Å²) in [5.41, 5.74) is 7.49. The first-order chi connectivity index (χ1) is 7.58. The standard InChI is InChI=1S/C11H10Br2N2O/c1-6(14)11-5-10(15-16-11)7-2-3-8(12)9(13)4-7/h2-6H,14H2,1H3. The molecule has 3 nitrogen and oxygen atoms in total. The van der Waals surface area contributed by atoms with E-state index < -0.39 is 0 Å². The number of benzene rings is 1. The number of rotatable bonds is 2. The third-order valence-electron chi connectivity index (χ3n) is 2.19. The highest BCUT2D eigenvalue weighted by molar-refractivity contribution is 9.13. The second-order valence-electron chi connectivity index (χ2n) is 3.53. The lowest BCUT2D eigenvalue weighted by Gasteiger charge is -1.99. The Labute approximate surface area is 110 Å². The molecule has 0 aliphatic carbocycles. The Hall–Kier alpha value is -0.650. The topological polar surface area (TPSA) is 52.0 Å². The maximum Gasteiger partial charge on any atom is 0.153 e. The van der Waals surface area contributed by atoms with Crippen LogP contribution in [0.25, 0.3) is 11.3 Å². The number of nitrogens with zero attached hydrogens (tertiary/aromatic N) is 1. The molecule has 84 valence electrons. The van der Waals surface area contributed by atoms with Gasteiger partial charge in [-0.05, 0) is 50.9 Å². The SMILES string of the molecule is CC(N)c1cc(-c2ccc(Br)c(Br)c2)no1. The van der Waals surface area contributed by atoms with E-state index >= 15 is 0 Å². The molecule has 0 saturated heterocycles. The van der Waals surface area contributed by atoms with Crippen LogP contribution in [-0.4, -0.2) is 5.16 Å². The van der Waals surface area contributed by atoms with Gasteiger partial charge in [0.2, 0.25) is 0 Å². The first-order valence-electron chi connectivity index (χ1n) is 4.75. The average molecular weight is 346 g/mol. The van der Waals surface area contributed by atoms with Crippen LogP contribution in [0.3, 0.4) is 0 Å². The van der Waals surface area contributed by atoms with E-state index in [1.165, 1.54) is 0 Å². The molecular formula is C11H10Br2N2O. The Morgan fingerprint density at radius 2 is 2.00 bits per heavy atom. The lowest BCUT2D eigenvalue weighted by Crippen LogP contribution is -2.02. The molecule has 2 aromatic rings. The Balaban J connectivity index is 2.39. The van der Waals surface area contributed by atoms with Crippen molar-refractivity contribution < 1.29 is 4.52 Å². The van der Waals surface area contributed by atoms with Gasteiger partial charge in [0.1, 0.15) is 5.69 Å². The molecule has 0 fully saturated rings. The molecule has 0 aliphatic heterocycles. The third-order valence-corrected chi connectivity index (χ3v) is 4.07. The minimum atomic E-state index is -0.139. The predicted octanol–water partition coefficient (Wildman–Crippen LogP) is 3.89. The Morgan fingerprint density at radius 1 is 1.25 bits per heavy atom. The van der Waals surface area contributed by atoms with E-state index in [1.807, 2.05) is 31.2 Å². The van der Waals surface area contributed by atoms with E-state index in [0.29, 0.717) is 5.76 Å². The molecule has 1 aromatic carbocycles. The second kappa shape index (κ2) is 4.69. The van der Waals surface area contributed by atoms with E-state index in [9.17, 15) is 0 Å². The summed E-state index contributed by atoms with van der Waals surface area (Å²) in [4.78, 5) is 0. The second-order valence-corrected chi connectivity index (χ2v) is 5.24. The monoisotopic (exact) mass is 344 g/mol. The molecular weight excluding hydrogens is 336 g/mol. The fourth-order valence-electron chi connectivity index (χ4n) is 1.30. The molecule has 16 heavy (non-hydrogen) atoms. The summed E-state index contributed by atoms with van der Waals surface area (Å²) in [6, 6.07) is 7.63. The van der Waals surface area contributed by atoms with Crippen molar-refractivity contribution in [1.29, 1.82) is 0 Å². The molecule has 0 spiro atoms. The number of halogens is 2. The molecule has 0 amide bonds. The predicted molar refractivity (Wildman–Crippen MR) is 69.9 cm³/mol. The highest BCUT2D eigenvalue weighted by Crippen LogP contribution is 2.29. The van der Waals surface area contributed by atoms with E-state index in [0.717, 1.165) is 20.2 Å². The fourth-order valence-corrected chi connectivity index (χ4v) is 1.92. The van der Waals surface area contributed by atoms with Gasteiger partial charge in [-0.2, -0.15) is 0 Å². The first-order valence-corrected chi connectivity index (χ1v) is 6.34. The van der Waals surface area contributed by atoms with Crippen LogP contribution in [-0.2, 0) is 0 Å². The smallest absolute Gasteiger partial charge is 0.153 e. The molecule has 1 unspecified atom stereocenters. The summed E-state index contributed by atoms with van der Waals surface area (Å²) >= 11 is 6.87. The largest absolute Gasteiger partial charge is 0.359 e. The number of aromatic nitrogens is 1. The molecule has 0 radical (unpaired) electrons. The highest BCUT2D eigenvalue weighted by atomic mass is 79.9. The third kappa shape index (κ3) is 2.36. The molecule has 1 aromatic heterocycles. The zero-order chi connectivity index (χ0) is 11.7. The molecule has 1 atom stereocenters. The van der Waals surface area contributed by atoms with Crippen molar-refractivity contribution >= 4 is 31.9 Å². The first kappa shape index (κ1) is 11.8. The maximum absolute atomic E-state index is 5.71. The van der Waals surface area contributed by atoms with E-state index in [4.69, 9.17) is 10.3 Å². The van der Waals surface area contributed by atoms with Gasteiger partial charge in [0, 0.05) is 20.6 Å². The molecule has 0 saturated carbocycles. The normalized spacial score (nSPS) is 12.8. The Kier molecular flexibility index (Phi) is 3.47. The van der Waals surface area contributed by atoms with Crippen molar-refractivity contribution in [1.82, 2.24) is 5.16 Å². The van der Waals surface area contributed by atoms with Gasteiger partial charge in [0.15, 0.2) is 5.76 Å². The quantitative estimate of drug-likeness (QED) is 0.898. The van der Waals surface area contributed by atoms with Gasteiger partial charge in [-0.1, -0.05) is 11.2 Å². The maximum atomic E-state index is 5.71. The fraction of sp³-hybridized carbons (Fsp3) is 0.182. The van der Waals surface area contributed by atoms with Crippen LogP contribution in [0.2, 0.25) is 0 Å². The van der Waals surface area contributed by atoms with Crippen LogP contribution in [0.15, 0.2) is 37.7 Å². The number of nitrogens with two attached hydrogens (primary N) is 1. The Bertz CT molecular complexity index is 508. The van der Waals surface area contributed by atoms with Crippen molar-refractivity contribution in [3.8, 4) is 11.3 Å². The summed E-state index contributed by atoms with van der Waals surface area (Å²) in [6.07, 6.45) is 0. The molecule has 0 bridgehead atoms. The zero-order valence-corrected chi connectivity index (χ0v) is 11.7. The summed E-state index contributed by atoms with van der Waals surface area (Å²) < 4.78 is 7.14. The van der Waals surface area contributed by atoms with Gasteiger partial charge in [0.25, 0.3) is 0 Å². The minimum absolute atomic E-state index is 0.139. The van der Waals surface area contributed by atoms with Gasteiger partial charge < -0.3 is 10.3 Å². The van der Waals surface area contributed by atoms with Crippen LogP contribution in [0.4, 0.5) is 0 Å². The lowest BCUT2D eigenvalue weighted by molar-refractivity contribution is 0.369.